The van der Waals surface area contributed by atoms with Crippen molar-refractivity contribution in [1.82, 2.24) is 14.7 Å². The maximum Gasteiger partial charge on any atom is 0.586 e. The van der Waals surface area contributed by atoms with Crippen LogP contribution in [-0.2, 0) is 17.4 Å². The minimum atomic E-state index is -4.78. The van der Waals surface area contributed by atoms with Crippen LogP contribution in [0.25, 0.3) is 5.69 Å². The highest BCUT2D eigenvalue weighted by Crippen LogP contribution is 2.43. The first-order chi connectivity index (χ1) is 20.8. The van der Waals surface area contributed by atoms with E-state index in [0.717, 1.165) is 4.68 Å². The highest BCUT2D eigenvalue weighted by molar-refractivity contribution is 5.93. The van der Waals surface area contributed by atoms with E-state index in [-0.39, 0.29) is 73.2 Å². The molecule has 15 heteroatoms. The molecule has 1 saturated heterocycles. The number of aliphatic carboxylic acids is 1. The van der Waals surface area contributed by atoms with Gasteiger partial charge in [-0.25, -0.2) is 9.48 Å². The van der Waals surface area contributed by atoms with Crippen molar-refractivity contribution in [3.8, 4) is 22.9 Å². The molecule has 1 atom stereocenters. The summed E-state index contributed by atoms with van der Waals surface area (Å²) in [5, 5.41) is 13.2. The fourth-order valence-corrected chi connectivity index (χ4v) is 5.73. The van der Waals surface area contributed by atoms with Gasteiger partial charge in [0, 0.05) is 31.3 Å². The smallest absolute Gasteiger partial charge is 0.486 e. The fraction of sp³-hybridized carbons (Fsp3) is 0.414. The lowest BCUT2D eigenvalue weighted by atomic mass is 9.97. The highest BCUT2D eigenvalue weighted by Gasteiger charge is 2.44. The van der Waals surface area contributed by atoms with Gasteiger partial charge in [-0.2, -0.15) is 18.3 Å². The van der Waals surface area contributed by atoms with Gasteiger partial charge in [-0.05, 0) is 62.4 Å². The molecular weight excluding hydrogens is 595 g/mol. The zero-order valence-electron chi connectivity index (χ0n) is 23.3. The number of carboxylic acid groups (broad SMARTS) is 1. The van der Waals surface area contributed by atoms with Crippen LogP contribution in [-0.4, -0.2) is 57.7 Å². The number of halogens is 5. The Kier molecular flexibility index (Phi) is 7.28. The number of benzene rings is 2. The molecule has 2 amide bonds. The predicted octanol–water partition coefficient (Wildman–Crippen LogP) is 6.02. The monoisotopic (exact) mass is 622 g/mol. The lowest BCUT2D eigenvalue weighted by Gasteiger charge is -2.36. The van der Waals surface area contributed by atoms with Crippen LogP contribution in [0.2, 0.25) is 0 Å². The molecule has 0 bridgehead atoms. The summed E-state index contributed by atoms with van der Waals surface area (Å²) in [6.45, 7) is 2.15. The molecule has 234 valence electrons. The Morgan fingerprint density at radius 1 is 1.07 bits per heavy atom. The Morgan fingerprint density at radius 3 is 2.50 bits per heavy atom. The number of carboxylic acids is 1. The van der Waals surface area contributed by atoms with E-state index in [2.05, 4.69) is 14.6 Å². The number of urea groups is 1. The molecule has 6 rings (SSSR count). The average molecular weight is 623 g/mol. The summed E-state index contributed by atoms with van der Waals surface area (Å²) >= 11 is 0. The number of piperidine rings is 1. The molecule has 0 aliphatic carbocycles. The maximum atomic E-state index is 14.2. The van der Waals surface area contributed by atoms with Crippen LogP contribution in [0.1, 0.15) is 49.1 Å². The Labute approximate surface area is 247 Å². The fourth-order valence-electron chi connectivity index (χ4n) is 5.73. The third-order valence-electron chi connectivity index (χ3n) is 7.90. The van der Waals surface area contributed by atoms with Crippen molar-refractivity contribution in [2.45, 2.75) is 51.2 Å². The van der Waals surface area contributed by atoms with E-state index in [4.69, 9.17) is 4.74 Å². The Bertz CT molecular complexity index is 1600. The summed E-state index contributed by atoms with van der Waals surface area (Å²) in [5.74, 6) is -1.56. The summed E-state index contributed by atoms with van der Waals surface area (Å²) < 4.78 is 85.4. The molecule has 1 fully saturated rings. The number of aromatic nitrogens is 2. The summed E-state index contributed by atoms with van der Waals surface area (Å²) in [4.78, 5) is 27.7. The van der Waals surface area contributed by atoms with Crippen LogP contribution in [0, 0.1) is 5.92 Å². The number of anilines is 1. The number of amides is 2. The number of carbonyl (C=O) groups is 2. The van der Waals surface area contributed by atoms with Gasteiger partial charge in [-0.1, -0.05) is 12.1 Å². The van der Waals surface area contributed by atoms with E-state index in [0.29, 0.717) is 12.0 Å². The third-order valence-corrected chi connectivity index (χ3v) is 7.90. The number of hydrogen-bond acceptors (Lipinski definition) is 6. The lowest BCUT2D eigenvalue weighted by molar-refractivity contribution is -0.286. The molecule has 10 nitrogen and oxygen atoms in total. The Hall–Kier alpha value is -4.56. The number of ether oxygens (including phenoxy) is 3. The van der Waals surface area contributed by atoms with Crippen molar-refractivity contribution in [3.63, 3.8) is 0 Å². The van der Waals surface area contributed by atoms with Gasteiger partial charge < -0.3 is 24.2 Å². The van der Waals surface area contributed by atoms with Crippen molar-refractivity contribution in [3.05, 3.63) is 59.3 Å². The summed E-state index contributed by atoms with van der Waals surface area (Å²) in [7, 11) is 0. The van der Waals surface area contributed by atoms with Crippen molar-refractivity contribution in [1.29, 1.82) is 0 Å². The normalized spacial score (nSPS) is 18.6. The third kappa shape index (κ3) is 5.57. The number of rotatable bonds is 5. The van der Waals surface area contributed by atoms with Gasteiger partial charge in [-0.3, -0.25) is 9.69 Å². The molecule has 1 aromatic heterocycles. The number of likely N-dealkylation sites (tertiary alicyclic amines) is 1. The number of hydrogen-bond donors (Lipinski definition) is 1. The molecule has 3 aliphatic heterocycles. The zero-order chi connectivity index (χ0) is 31.4. The molecule has 1 N–H and O–H groups in total. The first-order valence-corrected chi connectivity index (χ1v) is 14.0. The molecule has 4 heterocycles. The first-order valence-electron chi connectivity index (χ1n) is 14.0. The van der Waals surface area contributed by atoms with Crippen LogP contribution < -0.4 is 19.1 Å². The van der Waals surface area contributed by atoms with Crippen LogP contribution in [0.5, 0.6) is 17.2 Å². The SMILES string of the molecule is CC(Oc1cccc(-n2nc(C(F)(F)F)c3c2N(C(=O)N2CCC(C(=O)O)CC2)CCC3)c1)c1ccc2c(c1)OC(F)(F)O2. The summed E-state index contributed by atoms with van der Waals surface area (Å²) in [5.41, 5.74) is -0.508. The van der Waals surface area contributed by atoms with E-state index in [1.54, 1.807) is 19.1 Å². The molecule has 0 saturated carbocycles. The molecule has 0 radical (unpaired) electrons. The lowest BCUT2D eigenvalue weighted by Crippen LogP contribution is -2.49. The minimum Gasteiger partial charge on any atom is -0.486 e. The van der Waals surface area contributed by atoms with Crippen LogP contribution in [0.15, 0.2) is 42.5 Å². The van der Waals surface area contributed by atoms with Crippen LogP contribution >= 0.6 is 0 Å². The second-order valence-corrected chi connectivity index (χ2v) is 10.8. The number of carbonyl (C=O) groups excluding carboxylic acids is 1. The second-order valence-electron chi connectivity index (χ2n) is 10.8. The summed E-state index contributed by atoms with van der Waals surface area (Å²) in [6.07, 6.45) is -8.39. The molecule has 44 heavy (non-hydrogen) atoms. The molecule has 1 unspecified atom stereocenters. The first kappa shape index (κ1) is 29.5. The standard InChI is InChI=1S/C29H27F5N4O6/c1-16(18-7-8-22-23(14-18)44-29(33,34)43-22)42-20-5-2-4-19(15-20)38-25-21(24(35-38)28(30,31)32)6-3-11-37(25)27(41)36-12-9-17(10-13-36)26(39)40/h2,4-5,7-8,14-17H,3,6,9-13H2,1H3,(H,39,40). The van der Waals surface area contributed by atoms with Crippen LogP contribution in [0.3, 0.4) is 0 Å². The number of nitrogens with zero attached hydrogens (tertiary/aromatic N) is 4. The second kappa shape index (κ2) is 10.9. The van der Waals surface area contributed by atoms with E-state index >= 15 is 0 Å². The summed E-state index contributed by atoms with van der Waals surface area (Å²) in [6, 6.07) is 9.84. The van der Waals surface area contributed by atoms with Gasteiger partial charge in [0.05, 0.1) is 11.6 Å². The predicted molar refractivity (Wildman–Crippen MR) is 143 cm³/mol. The van der Waals surface area contributed by atoms with Crippen molar-refractivity contribution in [2.24, 2.45) is 5.92 Å². The van der Waals surface area contributed by atoms with E-state index in [9.17, 15) is 36.6 Å². The van der Waals surface area contributed by atoms with Crippen molar-refractivity contribution < 1.29 is 50.9 Å². The minimum absolute atomic E-state index is 0.00386. The van der Waals surface area contributed by atoms with Crippen LogP contribution in [0.4, 0.5) is 32.6 Å². The van der Waals surface area contributed by atoms with Gasteiger partial charge in [0.2, 0.25) is 0 Å². The van der Waals surface area contributed by atoms with Gasteiger partial charge in [0.25, 0.3) is 0 Å². The van der Waals surface area contributed by atoms with Gasteiger partial charge in [0.15, 0.2) is 17.2 Å². The van der Waals surface area contributed by atoms with Gasteiger partial charge in [-0.15, -0.1) is 8.78 Å². The molecule has 0 spiro atoms. The maximum absolute atomic E-state index is 14.2. The van der Waals surface area contributed by atoms with Gasteiger partial charge >= 0.3 is 24.5 Å². The quantitative estimate of drug-likeness (QED) is 0.347. The molecule has 3 aromatic rings. The zero-order valence-corrected chi connectivity index (χ0v) is 23.3. The van der Waals surface area contributed by atoms with E-state index < -0.39 is 42.2 Å². The Balaban J connectivity index is 1.30. The largest absolute Gasteiger partial charge is 0.586 e. The van der Waals surface area contributed by atoms with E-state index in [1.165, 1.54) is 40.1 Å². The van der Waals surface area contributed by atoms with Crippen molar-refractivity contribution >= 4 is 17.8 Å². The number of alkyl halides is 5. The number of fused-ring (bicyclic) bond motifs is 2. The Morgan fingerprint density at radius 2 is 1.80 bits per heavy atom. The topological polar surface area (TPSA) is 106 Å². The molecular formula is C29H27F5N4O6. The molecule has 2 aromatic carbocycles. The van der Waals surface area contributed by atoms with Gasteiger partial charge in [0.1, 0.15) is 17.7 Å². The van der Waals surface area contributed by atoms with Crippen molar-refractivity contribution in [2.75, 3.05) is 24.5 Å². The molecule has 3 aliphatic rings. The average Bonchev–Trinajstić information content (AvgIpc) is 3.53. The van der Waals surface area contributed by atoms with E-state index in [1.807, 2.05) is 0 Å². The highest BCUT2D eigenvalue weighted by atomic mass is 19.4.